The fraction of sp³-hybridized carbons (Fsp3) is 0.538. The van der Waals surface area contributed by atoms with Crippen LogP contribution in [0.15, 0.2) is 24.3 Å². The van der Waals surface area contributed by atoms with Crippen LogP contribution >= 0.6 is 15.9 Å². The summed E-state index contributed by atoms with van der Waals surface area (Å²) in [4.78, 5) is -2.09. The minimum atomic E-state index is -5.58. The van der Waals surface area contributed by atoms with Gasteiger partial charge in [0.1, 0.15) is 4.83 Å². The lowest BCUT2D eigenvalue weighted by Crippen LogP contribution is -2.39. The Morgan fingerprint density at radius 1 is 0.895 bits per heavy atom. The molecule has 1 aromatic rings. The highest BCUT2D eigenvalue weighted by molar-refractivity contribution is 9.09. The maximum absolute atomic E-state index is 13.2. The highest BCUT2D eigenvalue weighted by atomic mass is 79.9. The Morgan fingerprint density at radius 3 is 1.63 bits per heavy atom. The van der Waals surface area contributed by atoms with Crippen LogP contribution in [0.3, 0.4) is 0 Å². The minimum Gasteiger partial charge on any atom is -0.195 e. The van der Waals surface area contributed by atoms with Crippen LogP contribution in [0, 0.1) is 0 Å². The highest BCUT2D eigenvalue weighted by Gasteiger charge is 2.62. The molecule has 0 N–H and O–H groups in total. The van der Waals surface area contributed by atoms with Crippen LogP contribution in [-0.2, 0) is 5.41 Å². The third-order valence-electron chi connectivity index (χ3n) is 2.77. The SMILES string of the molecule is CC(C)(C)c1ccc(C(Br)C(F)(F)C(F)(F)F)cc1. The van der Waals surface area contributed by atoms with Crippen LogP contribution < -0.4 is 0 Å². The first-order valence-electron chi connectivity index (χ1n) is 5.56. The molecule has 0 nitrogen and oxygen atoms in total. The van der Waals surface area contributed by atoms with Crippen molar-refractivity contribution in [3.05, 3.63) is 35.4 Å². The molecule has 0 saturated carbocycles. The molecule has 1 atom stereocenters. The van der Waals surface area contributed by atoms with E-state index in [1.54, 1.807) is 12.1 Å². The second-order valence-electron chi connectivity index (χ2n) is 5.36. The molecule has 1 rings (SSSR count). The van der Waals surface area contributed by atoms with Crippen molar-refractivity contribution in [1.29, 1.82) is 0 Å². The van der Waals surface area contributed by atoms with Crippen LogP contribution in [-0.4, -0.2) is 12.1 Å². The molecule has 0 fully saturated rings. The first-order chi connectivity index (χ1) is 8.37. The molecule has 0 aliphatic carbocycles. The Balaban J connectivity index is 3.06. The van der Waals surface area contributed by atoms with Gasteiger partial charge in [0.05, 0.1) is 0 Å². The Hall–Kier alpha value is -0.650. The van der Waals surface area contributed by atoms with E-state index < -0.39 is 16.9 Å². The third-order valence-corrected chi connectivity index (χ3v) is 3.87. The molecule has 0 bridgehead atoms. The molecule has 0 aromatic heterocycles. The van der Waals surface area contributed by atoms with Crippen molar-refractivity contribution in [3.63, 3.8) is 0 Å². The summed E-state index contributed by atoms with van der Waals surface area (Å²) in [5, 5.41) is 0. The first kappa shape index (κ1) is 16.4. The van der Waals surface area contributed by atoms with E-state index in [0.29, 0.717) is 0 Å². The Morgan fingerprint density at radius 2 is 1.32 bits per heavy atom. The number of hydrogen-bond acceptors (Lipinski definition) is 0. The monoisotopic (exact) mass is 344 g/mol. The van der Waals surface area contributed by atoms with Crippen molar-refractivity contribution >= 4 is 15.9 Å². The zero-order valence-electron chi connectivity index (χ0n) is 10.7. The second-order valence-corrected chi connectivity index (χ2v) is 6.27. The molecular weight excluding hydrogens is 331 g/mol. The molecule has 6 heteroatoms. The van der Waals surface area contributed by atoms with Gasteiger partial charge in [0, 0.05) is 0 Å². The number of alkyl halides is 6. The van der Waals surface area contributed by atoms with Gasteiger partial charge in [-0.25, -0.2) is 0 Å². The van der Waals surface area contributed by atoms with Gasteiger partial charge in [-0.15, -0.1) is 0 Å². The van der Waals surface area contributed by atoms with Gasteiger partial charge in [0.15, 0.2) is 0 Å². The molecule has 1 aromatic carbocycles. The van der Waals surface area contributed by atoms with Crippen molar-refractivity contribution in [2.45, 2.75) is 43.1 Å². The molecule has 19 heavy (non-hydrogen) atoms. The molecule has 108 valence electrons. The molecule has 0 spiro atoms. The van der Waals surface area contributed by atoms with Crippen molar-refractivity contribution < 1.29 is 22.0 Å². The standard InChI is InChI=1S/C13H14BrF5/c1-11(2,3)9-6-4-8(5-7-9)10(14)12(15,16)13(17,18)19/h4-7,10H,1-3H3. The molecule has 1 unspecified atom stereocenters. The van der Waals surface area contributed by atoms with E-state index in [9.17, 15) is 22.0 Å². The van der Waals surface area contributed by atoms with E-state index in [-0.39, 0.29) is 11.0 Å². The summed E-state index contributed by atoms with van der Waals surface area (Å²) in [6.45, 7) is 5.79. The average molecular weight is 345 g/mol. The summed E-state index contributed by atoms with van der Waals surface area (Å²) in [6, 6.07) is 5.71. The molecule has 0 amide bonds. The van der Waals surface area contributed by atoms with Crippen LogP contribution in [0.2, 0.25) is 0 Å². The lowest BCUT2D eigenvalue weighted by atomic mass is 9.86. The summed E-state index contributed by atoms with van der Waals surface area (Å²) < 4.78 is 63.1. The van der Waals surface area contributed by atoms with E-state index in [0.717, 1.165) is 5.56 Å². The molecule has 0 aliphatic heterocycles. The molecular formula is C13H14BrF5. The van der Waals surface area contributed by atoms with Crippen molar-refractivity contribution in [2.75, 3.05) is 0 Å². The molecule has 0 aliphatic rings. The zero-order chi connectivity index (χ0) is 15.1. The summed E-state index contributed by atoms with van der Waals surface area (Å²) in [7, 11) is 0. The normalized spacial score (nSPS) is 15.4. The second kappa shape index (κ2) is 5.04. The predicted octanol–water partition coefficient (Wildman–Crippen LogP) is 5.62. The summed E-state index contributed by atoms with van der Waals surface area (Å²) >= 11 is 2.45. The largest absolute Gasteiger partial charge is 0.454 e. The van der Waals surface area contributed by atoms with Crippen molar-refractivity contribution in [1.82, 2.24) is 0 Å². The van der Waals surface area contributed by atoms with E-state index in [1.165, 1.54) is 12.1 Å². The predicted molar refractivity (Wildman–Crippen MR) is 67.8 cm³/mol. The summed E-state index contributed by atoms with van der Waals surface area (Å²) in [5.74, 6) is -4.81. The summed E-state index contributed by atoms with van der Waals surface area (Å²) in [6.07, 6.45) is -5.58. The highest BCUT2D eigenvalue weighted by Crippen LogP contribution is 2.48. The Labute approximate surface area is 117 Å². The van der Waals surface area contributed by atoms with Gasteiger partial charge in [0.2, 0.25) is 0 Å². The van der Waals surface area contributed by atoms with Gasteiger partial charge in [-0.05, 0) is 16.5 Å². The fourth-order valence-electron chi connectivity index (χ4n) is 1.51. The lowest BCUT2D eigenvalue weighted by molar-refractivity contribution is -0.281. The minimum absolute atomic E-state index is 0.102. The Kier molecular flexibility index (Phi) is 4.35. The number of benzene rings is 1. The smallest absolute Gasteiger partial charge is 0.195 e. The molecule has 0 heterocycles. The Bertz CT molecular complexity index is 428. The maximum atomic E-state index is 13.2. The van der Waals surface area contributed by atoms with Crippen LogP contribution in [0.1, 0.15) is 36.7 Å². The fourth-order valence-corrected chi connectivity index (χ4v) is 2.07. The van der Waals surface area contributed by atoms with Crippen LogP contribution in [0.4, 0.5) is 22.0 Å². The number of rotatable bonds is 2. The topological polar surface area (TPSA) is 0 Å². The number of hydrogen-bond donors (Lipinski definition) is 0. The summed E-state index contributed by atoms with van der Waals surface area (Å²) in [5.41, 5.74) is 0.578. The van der Waals surface area contributed by atoms with E-state index in [1.807, 2.05) is 20.8 Å². The first-order valence-corrected chi connectivity index (χ1v) is 6.48. The van der Waals surface area contributed by atoms with Gasteiger partial charge < -0.3 is 0 Å². The number of halogens is 6. The quantitative estimate of drug-likeness (QED) is 0.482. The van der Waals surface area contributed by atoms with E-state index in [2.05, 4.69) is 15.9 Å². The van der Waals surface area contributed by atoms with E-state index in [4.69, 9.17) is 0 Å². The maximum Gasteiger partial charge on any atom is 0.454 e. The lowest BCUT2D eigenvalue weighted by Gasteiger charge is -2.25. The van der Waals surface area contributed by atoms with Gasteiger partial charge >= 0.3 is 12.1 Å². The van der Waals surface area contributed by atoms with Crippen LogP contribution in [0.5, 0.6) is 0 Å². The third kappa shape index (κ3) is 3.46. The van der Waals surface area contributed by atoms with Gasteiger partial charge in [0.25, 0.3) is 0 Å². The molecule has 0 radical (unpaired) electrons. The molecule has 0 saturated heterocycles. The van der Waals surface area contributed by atoms with Crippen molar-refractivity contribution in [3.8, 4) is 0 Å². The van der Waals surface area contributed by atoms with E-state index >= 15 is 0 Å². The van der Waals surface area contributed by atoms with Crippen LogP contribution in [0.25, 0.3) is 0 Å². The average Bonchev–Trinajstić information content (AvgIpc) is 2.25. The van der Waals surface area contributed by atoms with Gasteiger partial charge in [-0.2, -0.15) is 22.0 Å². The van der Waals surface area contributed by atoms with Crippen molar-refractivity contribution in [2.24, 2.45) is 0 Å². The van der Waals surface area contributed by atoms with Gasteiger partial charge in [-0.1, -0.05) is 61.0 Å². The van der Waals surface area contributed by atoms with Gasteiger partial charge in [-0.3, -0.25) is 0 Å². The zero-order valence-corrected chi connectivity index (χ0v) is 12.2.